The van der Waals surface area contributed by atoms with Gasteiger partial charge in [0.05, 0.1) is 5.56 Å². The molecular weight excluding hydrogens is 321 g/mol. The van der Waals surface area contributed by atoms with E-state index >= 15 is 0 Å². The molecule has 0 bridgehead atoms. The number of carboxylic acid groups (broad SMARTS) is 1. The predicted octanol–water partition coefficient (Wildman–Crippen LogP) is 3.45. The maximum atomic E-state index is 13.1. The second-order valence-corrected chi connectivity index (χ2v) is 6.11. The summed E-state index contributed by atoms with van der Waals surface area (Å²) in [5.74, 6) is -1.40. The lowest BCUT2D eigenvalue weighted by atomic mass is 10.00. The van der Waals surface area contributed by atoms with Gasteiger partial charge < -0.3 is 10.4 Å². The fourth-order valence-corrected chi connectivity index (χ4v) is 2.52. The molecule has 1 unspecified atom stereocenters. The van der Waals surface area contributed by atoms with Gasteiger partial charge in [0.15, 0.2) is 0 Å². The van der Waals surface area contributed by atoms with Crippen molar-refractivity contribution in [1.29, 1.82) is 0 Å². The zero-order valence-electron chi connectivity index (χ0n) is 14.2. The van der Waals surface area contributed by atoms with Crippen LogP contribution in [-0.4, -0.2) is 23.5 Å². The number of aromatic carboxylic acids is 1. The fourth-order valence-electron chi connectivity index (χ4n) is 2.52. The van der Waals surface area contributed by atoms with Gasteiger partial charge in [-0.3, -0.25) is 4.79 Å². The Labute approximate surface area is 146 Å². The standard InChI is InChI=1S/C20H22FNO3/c1-14(5-6-16-3-2-4-18(21)13-16)19(23)22-12-11-15-7-9-17(10-8-15)20(24)25/h2-4,7-10,13-14H,5-6,11-12H2,1H3,(H,22,23)(H,24,25). The quantitative estimate of drug-likeness (QED) is 0.771. The molecule has 132 valence electrons. The highest BCUT2D eigenvalue weighted by molar-refractivity contribution is 5.87. The van der Waals surface area contributed by atoms with Crippen LogP contribution in [0.5, 0.6) is 0 Å². The number of rotatable bonds is 8. The van der Waals surface area contributed by atoms with Crippen LogP contribution in [0.25, 0.3) is 0 Å². The van der Waals surface area contributed by atoms with Crippen molar-refractivity contribution in [2.75, 3.05) is 6.54 Å². The Balaban J connectivity index is 1.72. The summed E-state index contributed by atoms with van der Waals surface area (Å²) < 4.78 is 13.1. The van der Waals surface area contributed by atoms with Crippen molar-refractivity contribution in [3.05, 3.63) is 71.0 Å². The Kier molecular flexibility index (Phi) is 6.69. The van der Waals surface area contributed by atoms with Crippen LogP contribution >= 0.6 is 0 Å². The molecule has 0 aromatic heterocycles. The molecule has 0 fully saturated rings. The minimum atomic E-state index is -0.952. The van der Waals surface area contributed by atoms with Crippen LogP contribution < -0.4 is 5.32 Å². The van der Waals surface area contributed by atoms with Crippen molar-refractivity contribution in [3.8, 4) is 0 Å². The number of aryl methyl sites for hydroxylation is 1. The summed E-state index contributed by atoms with van der Waals surface area (Å²) in [5, 5.41) is 11.7. The third-order valence-electron chi connectivity index (χ3n) is 4.12. The Morgan fingerprint density at radius 2 is 1.80 bits per heavy atom. The van der Waals surface area contributed by atoms with Crippen LogP contribution in [0.3, 0.4) is 0 Å². The summed E-state index contributed by atoms with van der Waals surface area (Å²) in [6.45, 7) is 2.35. The van der Waals surface area contributed by atoms with E-state index in [4.69, 9.17) is 5.11 Å². The molecule has 0 aliphatic carbocycles. The molecule has 2 aromatic carbocycles. The Morgan fingerprint density at radius 3 is 2.44 bits per heavy atom. The summed E-state index contributed by atoms with van der Waals surface area (Å²) in [5.41, 5.74) is 2.11. The van der Waals surface area contributed by atoms with E-state index in [-0.39, 0.29) is 23.2 Å². The molecule has 0 radical (unpaired) electrons. The lowest BCUT2D eigenvalue weighted by Gasteiger charge is -2.12. The van der Waals surface area contributed by atoms with Crippen LogP contribution in [0.1, 0.15) is 34.8 Å². The number of carboxylic acids is 1. The molecule has 0 heterocycles. The lowest BCUT2D eigenvalue weighted by Crippen LogP contribution is -2.31. The number of nitrogens with one attached hydrogen (secondary N) is 1. The van der Waals surface area contributed by atoms with Crippen molar-refractivity contribution in [2.24, 2.45) is 5.92 Å². The maximum Gasteiger partial charge on any atom is 0.335 e. The highest BCUT2D eigenvalue weighted by atomic mass is 19.1. The molecule has 4 nitrogen and oxygen atoms in total. The van der Waals surface area contributed by atoms with Crippen molar-refractivity contribution < 1.29 is 19.1 Å². The van der Waals surface area contributed by atoms with Crippen LogP contribution in [0.4, 0.5) is 4.39 Å². The molecule has 0 spiro atoms. The minimum absolute atomic E-state index is 0.0291. The van der Waals surface area contributed by atoms with Crippen LogP contribution in [0, 0.1) is 11.7 Å². The smallest absolute Gasteiger partial charge is 0.335 e. The maximum absolute atomic E-state index is 13.1. The monoisotopic (exact) mass is 343 g/mol. The van der Waals surface area contributed by atoms with Crippen molar-refractivity contribution >= 4 is 11.9 Å². The molecule has 25 heavy (non-hydrogen) atoms. The SMILES string of the molecule is CC(CCc1cccc(F)c1)C(=O)NCCc1ccc(C(=O)O)cc1. The largest absolute Gasteiger partial charge is 0.478 e. The van der Waals surface area contributed by atoms with Crippen LogP contribution in [-0.2, 0) is 17.6 Å². The molecule has 5 heteroatoms. The van der Waals surface area contributed by atoms with Gasteiger partial charge in [0, 0.05) is 12.5 Å². The van der Waals surface area contributed by atoms with Gasteiger partial charge in [0.1, 0.15) is 5.82 Å². The first-order valence-corrected chi connectivity index (χ1v) is 8.30. The molecule has 1 atom stereocenters. The summed E-state index contributed by atoms with van der Waals surface area (Å²) >= 11 is 0. The van der Waals surface area contributed by atoms with E-state index in [2.05, 4.69) is 5.32 Å². The number of carbonyl (C=O) groups is 2. The van der Waals surface area contributed by atoms with E-state index in [9.17, 15) is 14.0 Å². The van der Waals surface area contributed by atoms with Crippen molar-refractivity contribution in [2.45, 2.75) is 26.2 Å². The normalized spacial score (nSPS) is 11.8. The number of amides is 1. The second-order valence-electron chi connectivity index (χ2n) is 6.11. The third kappa shape index (κ3) is 6.03. The van der Waals surface area contributed by atoms with Gasteiger partial charge in [-0.15, -0.1) is 0 Å². The molecule has 0 aliphatic rings. The zero-order valence-corrected chi connectivity index (χ0v) is 14.2. The number of hydrogen-bond acceptors (Lipinski definition) is 2. The van der Waals surface area contributed by atoms with Gasteiger partial charge in [-0.25, -0.2) is 9.18 Å². The number of benzene rings is 2. The van der Waals surface area contributed by atoms with E-state index in [0.29, 0.717) is 25.8 Å². The van der Waals surface area contributed by atoms with Gasteiger partial charge in [-0.2, -0.15) is 0 Å². The highest BCUT2D eigenvalue weighted by Crippen LogP contribution is 2.11. The van der Waals surface area contributed by atoms with E-state index in [1.54, 1.807) is 30.3 Å². The van der Waals surface area contributed by atoms with E-state index in [0.717, 1.165) is 11.1 Å². The summed E-state index contributed by atoms with van der Waals surface area (Å²) in [6, 6.07) is 13.0. The van der Waals surface area contributed by atoms with Crippen molar-refractivity contribution in [1.82, 2.24) is 5.32 Å². The van der Waals surface area contributed by atoms with Gasteiger partial charge in [-0.05, 0) is 54.7 Å². The van der Waals surface area contributed by atoms with E-state index in [1.807, 2.05) is 13.0 Å². The average molecular weight is 343 g/mol. The van der Waals surface area contributed by atoms with Gasteiger partial charge >= 0.3 is 5.97 Å². The summed E-state index contributed by atoms with van der Waals surface area (Å²) in [7, 11) is 0. The van der Waals surface area contributed by atoms with Gasteiger partial charge in [0.2, 0.25) is 5.91 Å². The van der Waals surface area contributed by atoms with Crippen LogP contribution in [0.2, 0.25) is 0 Å². The average Bonchev–Trinajstić information content (AvgIpc) is 2.60. The Hall–Kier alpha value is -2.69. The Morgan fingerprint density at radius 1 is 1.08 bits per heavy atom. The molecule has 2 aromatic rings. The number of halogens is 1. The minimum Gasteiger partial charge on any atom is -0.478 e. The first-order valence-electron chi connectivity index (χ1n) is 8.30. The molecule has 0 saturated heterocycles. The topological polar surface area (TPSA) is 66.4 Å². The molecule has 2 rings (SSSR count). The predicted molar refractivity (Wildman–Crippen MR) is 94.0 cm³/mol. The molecular formula is C20H22FNO3. The molecule has 0 saturated carbocycles. The number of hydrogen-bond donors (Lipinski definition) is 2. The van der Waals surface area contributed by atoms with Gasteiger partial charge in [0.25, 0.3) is 0 Å². The first-order chi connectivity index (χ1) is 12.0. The zero-order chi connectivity index (χ0) is 18.2. The highest BCUT2D eigenvalue weighted by Gasteiger charge is 2.12. The summed E-state index contributed by atoms with van der Waals surface area (Å²) in [4.78, 5) is 22.9. The molecule has 0 aliphatic heterocycles. The van der Waals surface area contributed by atoms with Crippen molar-refractivity contribution in [3.63, 3.8) is 0 Å². The molecule has 1 amide bonds. The fraction of sp³-hybridized carbons (Fsp3) is 0.300. The van der Waals surface area contributed by atoms with Gasteiger partial charge in [-0.1, -0.05) is 31.2 Å². The lowest BCUT2D eigenvalue weighted by molar-refractivity contribution is -0.124. The van der Waals surface area contributed by atoms with E-state index < -0.39 is 5.97 Å². The van der Waals surface area contributed by atoms with E-state index in [1.165, 1.54) is 12.1 Å². The number of carbonyl (C=O) groups excluding carboxylic acids is 1. The molecule has 2 N–H and O–H groups in total. The van der Waals surface area contributed by atoms with Crippen LogP contribution in [0.15, 0.2) is 48.5 Å². The summed E-state index contributed by atoms with van der Waals surface area (Å²) in [6.07, 6.45) is 1.95. The Bertz CT molecular complexity index is 728. The second kappa shape index (κ2) is 8.97. The third-order valence-corrected chi connectivity index (χ3v) is 4.12. The first kappa shape index (κ1) is 18.6.